The number of halogens is 1. The molecule has 0 radical (unpaired) electrons. The normalized spacial score (nSPS) is 10.6. The van der Waals surface area contributed by atoms with Crippen molar-refractivity contribution in [2.75, 3.05) is 11.9 Å². The van der Waals surface area contributed by atoms with Crippen LogP contribution in [-0.4, -0.2) is 27.6 Å². The molecule has 0 aliphatic rings. The van der Waals surface area contributed by atoms with Crippen molar-refractivity contribution in [1.29, 1.82) is 0 Å². The molecule has 3 rings (SSSR count). The summed E-state index contributed by atoms with van der Waals surface area (Å²) in [5, 5.41) is 8.36. The Hall–Kier alpha value is -2.40. The van der Waals surface area contributed by atoms with Crippen molar-refractivity contribution >= 4 is 21.8 Å². The van der Waals surface area contributed by atoms with Gasteiger partial charge in [0.2, 0.25) is 0 Å². The molecule has 0 atom stereocenters. The molecular formula is C19H18BrN3O. The summed E-state index contributed by atoms with van der Waals surface area (Å²) in [7, 11) is 0. The highest BCUT2D eigenvalue weighted by atomic mass is 79.9. The van der Waals surface area contributed by atoms with Gasteiger partial charge in [0.15, 0.2) is 0 Å². The van der Waals surface area contributed by atoms with Gasteiger partial charge in [-0.2, -0.15) is 5.10 Å². The van der Waals surface area contributed by atoms with Gasteiger partial charge >= 0.3 is 0 Å². The molecule has 0 saturated carbocycles. The number of para-hydroxylation sites is 1. The number of aromatic nitrogens is 2. The number of alkyl halides is 1. The Morgan fingerprint density at radius 2 is 1.71 bits per heavy atom. The van der Waals surface area contributed by atoms with E-state index < -0.39 is 0 Å². The van der Waals surface area contributed by atoms with Gasteiger partial charge in [-0.3, -0.25) is 4.79 Å². The molecule has 2 aromatic carbocycles. The first-order chi connectivity index (χ1) is 11.7. The third-order valence-corrected chi connectivity index (χ3v) is 4.17. The summed E-state index contributed by atoms with van der Waals surface area (Å²) in [4.78, 5) is 12.7. The molecule has 0 bridgehead atoms. The maximum atomic E-state index is 12.7. The quantitative estimate of drug-likeness (QED) is 0.677. The number of benzene rings is 2. The SMILES string of the molecule is Cc1c(C(=O)NCCBr)c(-c2ccccc2)nn1-c1ccccc1. The van der Waals surface area contributed by atoms with Gasteiger partial charge in [0, 0.05) is 17.4 Å². The first-order valence-electron chi connectivity index (χ1n) is 7.77. The molecule has 1 heterocycles. The second kappa shape index (κ2) is 7.45. The van der Waals surface area contributed by atoms with E-state index in [0.29, 0.717) is 23.1 Å². The van der Waals surface area contributed by atoms with Crippen LogP contribution in [0.1, 0.15) is 16.1 Å². The Morgan fingerprint density at radius 1 is 1.08 bits per heavy atom. The molecule has 0 spiro atoms. The first-order valence-corrected chi connectivity index (χ1v) is 8.89. The fourth-order valence-corrected chi connectivity index (χ4v) is 2.84. The second-order valence-corrected chi connectivity index (χ2v) is 6.16. The summed E-state index contributed by atoms with van der Waals surface area (Å²) in [5.41, 5.74) is 4.01. The molecule has 0 fully saturated rings. The van der Waals surface area contributed by atoms with Gasteiger partial charge in [-0.15, -0.1) is 0 Å². The minimum absolute atomic E-state index is 0.104. The van der Waals surface area contributed by atoms with Gasteiger partial charge in [-0.05, 0) is 19.1 Å². The average Bonchev–Trinajstić information content (AvgIpc) is 2.98. The molecule has 0 aliphatic carbocycles. The number of hydrogen-bond donors (Lipinski definition) is 1. The van der Waals surface area contributed by atoms with Gasteiger partial charge in [-0.25, -0.2) is 4.68 Å². The summed E-state index contributed by atoms with van der Waals surface area (Å²) in [6.07, 6.45) is 0. The zero-order valence-electron chi connectivity index (χ0n) is 13.4. The molecule has 0 saturated heterocycles. The van der Waals surface area contributed by atoms with Crippen LogP contribution in [0.2, 0.25) is 0 Å². The van der Waals surface area contributed by atoms with E-state index in [0.717, 1.165) is 16.9 Å². The number of rotatable bonds is 5. The smallest absolute Gasteiger partial charge is 0.255 e. The Kier molecular flexibility index (Phi) is 5.11. The lowest BCUT2D eigenvalue weighted by Gasteiger charge is -2.06. The van der Waals surface area contributed by atoms with Crippen LogP contribution in [0.5, 0.6) is 0 Å². The topological polar surface area (TPSA) is 46.9 Å². The molecule has 1 amide bonds. The molecular weight excluding hydrogens is 366 g/mol. The van der Waals surface area contributed by atoms with Crippen LogP contribution >= 0.6 is 15.9 Å². The summed E-state index contributed by atoms with van der Waals surface area (Å²) in [6.45, 7) is 2.50. The van der Waals surface area contributed by atoms with Crippen molar-refractivity contribution in [1.82, 2.24) is 15.1 Å². The fourth-order valence-electron chi connectivity index (χ4n) is 2.64. The van der Waals surface area contributed by atoms with Crippen molar-refractivity contribution in [2.24, 2.45) is 0 Å². The second-order valence-electron chi connectivity index (χ2n) is 5.37. The lowest BCUT2D eigenvalue weighted by molar-refractivity contribution is 0.0956. The number of hydrogen-bond acceptors (Lipinski definition) is 2. The molecule has 3 aromatic rings. The van der Waals surface area contributed by atoms with Crippen LogP contribution in [0.3, 0.4) is 0 Å². The predicted molar refractivity (Wildman–Crippen MR) is 99.9 cm³/mol. The van der Waals surface area contributed by atoms with Gasteiger partial charge < -0.3 is 5.32 Å². The Morgan fingerprint density at radius 3 is 2.33 bits per heavy atom. The Bertz CT molecular complexity index is 829. The Labute approximate surface area is 149 Å². The number of carbonyl (C=O) groups is 1. The highest BCUT2D eigenvalue weighted by Crippen LogP contribution is 2.27. The maximum absolute atomic E-state index is 12.7. The summed E-state index contributed by atoms with van der Waals surface area (Å²) >= 11 is 3.34. The third-order valence-electron chi connectivity index (χ3n) is 3.77. The van der Waals surface area contributed by atoms with Crippen molar-refractivity contribution in [2.45, 2.75) is 6.92 Å². The van der Waals surface area contributed by atoms with Crippen LogP contribution in [0.15, 0.2) is 60.7 Å². The number of amides is 1. The van der Waals surface area contributed by atoms with Crippen LogP contribution in [0.4, 0.5) is 0 Å². The number of nitrogens with one attached hydrogen (secondary N) is 1. The van der Waals surface area contributed by atoms with Crippen LogP contribution in [0, 0.1) is 6.92 Å². The molecule has 24 heavy (non-hydrogen) atoms. The molecule has 5 heteroatoms. The van der Waals surface area contributed by atoms with E-state index in [2.05, 4.69) is 21.2 Å². The van der Waals surface area contributed by atoms with E-state index in [1.807, 2.05) is 72.3 Å². The zero-order chi connectivity index (χ0) is 16.9. The van der Waals surface area contributed by atoms with Crippen LogP contribution in [-0.2, 0) is 0 Å². The number of carbonyl (C=O) groups excluding carboxylic acids is 1. The Balaban J connectivity index is 2.14. The molecule has 0 unspecified atom stereocenters. The van der Waals surface area contributed by atoms with E-state index >= 15 is 0 Å². The summed E-state index contributed by atoms with van der Waals surface area (Å²) < 4.78 is 1.82. The van der Waals surface area contributed by atoms with E-state index in [1.165, 1.54) is 0 Å². The first kappa shape index (κ1) is 16.5. The standard InChI is InChI=1S/C19H18BrN3O/c1-14-17(19(24)21-13-12-20)18(15-8-4-2-5-9-15)22-23(14)16-10-6-3-7-11-16/h2-11H,12-13H2,1H3,(H,21,24). The molecule has 4 nitrogen and oxygen atoms in total. The highest BCUT2D eigenvalue weighted by molar-refractivity contribution is 9.09. The van der Waals surface area contributed by atoms with E-state index in [-0.39, 0.29) is 5.91 Å². The fraction of sp³-hybridized carbons (Fsp3) is 0.158. The molecule has 1 N–H and O–H groups in total. The van der Waals surface area contributed by atoms with Crippen LogP contribution < -0.4 is 5.32 Å². The maximum Gasteiger partial charge on any atom is 0.255 e. The molecule has 122 valence electrons. The van der Waals surface area contributed by atoms with E-state index in [1.54, 1.807) is 0 Å². The lowest BCUT2D eigenvalue weighted by atomic mass is 10.1. The summed E-state index contributed by atoms with van der Waals surface area (Å²) in [6, 6.07) is 19.6. The summed E-state index contributed by atoms with van der Waals surface area (Å²) in [5.74, 6) is -0.104. The number of nitrogens with zero attached hydrogens (tertiary/aromatic N) is 2. The highest BCUT2D eigenvalue weighted by Gasteiger charge is 2.22. The van der Waals surface area contributed by atoms with Gasteiger partial charge in [0.25, 0.3) is 5.91 Å². The molecule has 0 aliphatic heterocycles. The van der Waals surface area contributed by atoms with Gasteiger partial charge in [0.1, 0.15) is 5.69 Å². The van der Waals surface area contributed by atoms with Crippen molar-refractivity contribution < 1.29 is 4.79 Å². The third kappa shape index (κ3) is 3.26. The molecule has 1 aromatic heterocycles. The largest absolute Gasteiger partial charge is 0.351 e. The average molecular weight is 384 g/mol. The van der Waals surface area contributed by atoms with Gasteiger partial charge in [0.05, 0.1) is 16.9 Å². The van der Waals surface area contributed by atoms with Crippen LogP contribution in [0.25, 0.3) is 16.9 Å². The van der Waals surface area contributed by atoms with Crippen molar-refractivity contribution in [3.63, 3.8) is 0 Å². The minimum Gasteiger partial charge on any atom is -0.351 e. The van der Waals surface area contributed by atoms with E-state index in [4.69, 9.17) is 5.10 Å². The van der Waals surface area contributed by atoms with Gasteiger partial charge in [-0.1, -0.05) is 64.5 Å². The lowest BCUT2D eigenvalue weighted by Crippen LogP contribution is -2.26. The van der Waals surface area contributed by atoms with Crippen molar-refractivity contribution in [3.05, 3.63) is 71.9 Å². The minimum atomic E-state index is -0.104. The van der Waals surface area contributed by atoms with Crippen molar-refractivity contribution in [3.8, 4) is 16.9 Å². The monoisotopic (exact) mass is 383 g/mol. The predicted octanol–water partition coefficient (Wildman–Crippen LogP) is 3.97. The van der Waals surface area contributed by atoms with E-state index in [9.17, 15) is 4.79 Å². The zero-order valence-corrected chi connectivity index (χ0v) is 15.0.